The van der Waals surface area contributed by atoms with E-state index in [0.717, 1.165) is 18.5 Å². The van der Waals surface area contributed by atoms with Crippen LogP contribution in [0.15, 0.2) is 36.4 Å². The zero-order valence-corrected chi connectivity index (χ0v) is 14.7. The number of halogens is 1. The smallest absolute Gasteiger partial charge is 0.312 e. The van der Waals surface area contributed by atoms with E-state index in [2.05, 4.69) is 0 Å². The zero-order chi connectivity index (χ0) is 17.6. The van der Waals surface area contributed by atoms with Crippen LogP contribution in [0.4, 0.5) is 5.69 Å². The number of amides is 1. The summed E-state index contributed by atoms with van der Waals surface area (Å²) in [6.07, 6.45) is 5.23. The van der Waals surface area contributed by atoms with Crippen LogP contribution in [0.25, 0.3) is 0 Å². The van der Waals surface area contributed by atoms with Crippen LogP contribution in [0.2, 0.25) is 5.02 Å². The predicted molar refractivity (Wildman–Crippen MR) is 93.4 cm³/mol. The number of unbranched alkanes of at least 4 members (excludes halogenated alkanes) is 1. The van der Waals surface area contributed by atoms with Gasteiger partial charge in [-0.2, -0.15) is 0 Å². The second-order valence-electron chi connectivity index (χ2n) is 6.82. The van der Waals surface area contributed by atoms with Crippen LogP contribution in [-0.2, 0) is 19.1 Å². The van der Waals surface area contributed by atoms with Gasteiger partial charge in [-0.25, -0.2) is 0 Å². The molecule has 6 heteroatoms. The molecule has 0 radical (unpaired) electrons. The molecule has 0 aliphatic carbocycles. The van der Waals surface area contributed by atoms with Crippen molar-refractivity contribution in [3.8, 4) is 0 Å². The first-order chi connectivity index (χ1) is 12.1. The molecule has 1 spiro atoms. The number of anilines is 1. The number of esters is 1. The average Bonchev–Trinajstić information content (AvgIpc) is 3.24. The highest BCUT2D eigenvalue weighted by atomic mass is 35.5. The number of hydrogen-bond acceptors (Lipinski definition) is 4. The van der Waals surface area contributed by atoms with Crippen LogP contribution in [-0.4, -0.2) is 36.7 Å². The van der Waals surface area contributed by atoms with Gasteiger partial charge in [0.1, 0.15) is 11.5 Å². The highest BCUT2D eigenvalue weighted by Crippen LogP contribution is 2.52. The van der Waals surface area contributed by atoms with E-state index >= 15 is 0 Å². The zero-order valence-electron chi connectivity index (χ0n) is 14.0. The minimum atomic E-state index is -0.726. The molecule has 2 fully saturated rings. The molecule has 0 N–H and O–H groups in total. The second kappa shape index (κ2) is 6.15. The highest BCUT2D eigenvalue weighted by molar-refractivity contribution is 6.30. The number of fused-ring (bicyclic) bond motifs is 1. The maximum atomic E-state index is 13.1. The van der Waals surface area contributed by atoms with E-state index in [4.69, 9.17) is 21.1 Å². The summed E-state index contributed by atoms with van der Waals surface area (Å²) < 4.78 is 11.5. The topological polar surface area (TPSA) is 55.8 Å². The Balaban J connectivity index is 1.59. The maximum Gasteiger partial charge on any atom is 0.312 e. The molecule has 3 heterocycles. The summed E-state index contributed by atoms with van der Waals surface area (Å²) in [7, 11) is 0. The van der Waals surface area contributed by atoms with Crippen LogP contribution < -0.4 is 4.90 Å². The van der Waals surface area contributed by atoms with Gasteiger partial charge >= 0.3 is 5.97 Å². The van der Waals surface area contributed by atoms with Crippen molar-refractivity contribution in [3.05, 3.63) is 41.4 Å². The number of hydrogen-bond donors (Lipinski definition) is 0. The molecule has 3 aliphatic rings. The number of ether oxygens (including phenoxy) is 2. The van der Waals surface area contributed by atoms with Gasteiger partial charge in [0, 0.05) is 10.7 Å². The first kappa shape index (κ1) is 16.6. The van der Waals surface area contributed by atoms with Crippen molar-refractivity contribution in [1.82, 2.24) is 0 Å². The van der Waals surface area contributed by atoms with E-state index in [1.165, 1.54) is 0 Å². The average molecular weight is 362 g/mol. The quantitative estimate of drug-likeness (QED) is 0.459. The Kier molecular flexibility index (Phi) is 4.08. The molecule has 2 saturated heterocycles. The van der Waals surface area contributed by atoms with Crippen LogP contribution in [0.5, 0.6) is 0 Å². The van der Waals surface area contributed by atoms with Gasteiger partial charge < -0.3 is 14.4 Å². The van der Waals surface area contributed by atoms with Crippen molar-refractivity contribution >= 4 is 29.2 Å². The fraction of sp³-hybridized carbons (Fsp3) is 0.474. The Hall–Kier alpha value is -1.85. The molecule has 3 aliphatic heterocycles. The third-order valence-electron chi connectivity index (χ3n) is 5.25. The summed E-state index contributed by atoms with van der Waals surface area (Å²) in [6, 6.07) is 7.12. The molecule has 1 aromatic rings. The molecule has 25 heavy (non-hydrogen) atoms. The monoisotopic (exact) mass is 361 g/mol. The third-order valence-corrected chi connectivity index (χ3v) is 5.50. The van der Waals surface area contributed by atoms with Gasteiger partial charge in [0.05, 0.1) is 25.2 Å². The highest BCUT2D eigenvalue weighted by Gasteiger charge is 2.67. The van der Waals surface area contributed by atoms with E-state index in [0.29, 0.717) is 18.2 Å². The number of carbonyl (C=O) groups is 2. The van der Waals surface area contributed by atoms with Crippen molar-refractivity contribution in [1.29, 1.82) is 0 Å². The molecule has 0 saturated carbocycles. The number of carbonyl (C=O) groups excluding carboxylic acids is 2. The Morgan fingerprint density at radius 1 is 1.40 bits per heavy atom. The lowest BCUT2D eigenvalue weighted by atomic mass is 9.77. The summed E-state index contributed by atoms with van der Waals surface area (Å²) in [4.78, 5) is 27.3. The molecule has 4 atom stereocenters. The van der Waals surface area contributed by atoms with E-state index in [9.17, 15) is 9.59 Å². The Morgan fingerprint density at radius 3 is 2.88 bits per heavy atom. The first-order valence-electron chi connectivity index (χ1n) is 8.66. The van der Waals surface area contributed by atoms with Gasteiger partial charge in [0.15, 0.2) is 0 Å². The number of benzene rings is 1. The normalized spacial score (nSPS) is 32.3. The SMILES string of the molecule is CCCCOC(=O)[C@H]1[C@H]2C(=O)N(c3ccc(Cl)cc3)C[C@@]23C=C[C@H]1O3. The van der Waals surface area contributed by atoms with Crippen LogP contribution in [0.1, 0.15) is 19.8 Å². The Bertz CT molecular complexity index is 731. The molecule has 1 aromatic carbocycles. The molecule has 0 aromatic heterocycles. The molecular weight excluding hydrogens is 342 g/mol. The standard InChI is InChI=1S/C19H20ClNO4/c1-2-3-10-24-18(23)15-14-8-9-19(25-14)11-21(17(22)16(15)19)13-6-4-12(20)5-7-13/h4-9,14-16H,2-3,10-11H2,1H3/t14-,15-,16+,19+/m1/s1. The van der Waals surface area contributed by atoms with Gasteiger partial charge in [-0.3, -0.25) is 9.59 Å². The van der Waals surface area contributed by atoms with Gasteiger partial charge in [0.2, 0.25) is 5.91 Å². The van der Waals surface area contributed by atoms with Crippen molar-refractivity contribution in [2.75, 3.05) is 18.1 Å². The molecule has 0 unspecified atom stereocenters. The van der Waals surface area contributed by atoms with Crippen molar-refractivity contribution in [2.24, 2.45) is 11.8 Å². The Labute approximate surface area is 151 Å². The lowest BCUT2D eigenvalue weighted by molar-refractivity contribution is -0.152. The van der Waals surface area contributed by atoms with Crippen LogP contribution in [0.3, 0.4) is 0 Å². The first-order valence-corrected chi connectivity index (χ1v) is 9.04. The fourth-order valence-electron chi connectivity index (χ4n) is 4.02. The predicted octanol–water partition coefficient (Wildman–Crippen LogP) is 2.97. The van der Waals surface area contributed by atoms with E-state index in [-0.39, 0.29) is 18.0 Å². The summed E-state index contributed by atoms with van der Waals surface area (Å²) in [5.74, 6) is -1.51. The number of rotatable bonds is 5. The van der Waals surface area contributed by atoms with Crippen LogP contribution in [0, 0.1) is 11.8 Å². The van der Waals surface area contributed by atoms with Gasteiger partial charge in [0.25, 0.3) is 0 Å². The lowest BCUT2D eigenvalue weighted by Crippen LogP contribution is -2.40. The summed E-state index contributed by atoms with van der Waals surface area (Å²) >= 11 is 5.94. The number of nitrogens with zero attached hydrogens (tertiary/aromatic N) is 1. The molecule has 4 rings (SSSR count). The molecule has 5 nitrogen and oxygen atoms in total. The molecule has 1 amide bonds. The maximum absolute atomic E-state index is 13.1. The second-order valence-corrected chi connectivity index (χ2v) is 7.26. The van der Waals surface area contributed by atoms with Crippen molar-refractivity contribution in [2.45, 2.75) is 31.5 Å². The van der Waals surface area contributed by atoms with E-state index < -0.39 is 17.4 Å². The largest absolute Gasteiger partial charge is 0.465 e. The van der Waals surface area contributed by atoms with Crippen molar-refractivity contribution < 1.29 is 19.1 Å². The van der Waals surface area contributed by atoms with Gasteiger partial charge in [-0.15, -0.1) is 0 Å². The summed E-state index contributed by atoms with van der Waals surface area (Å²) in [5.41, 5.74) is 0.0345. The Morgan fingerprint density at radius 2 is 2.16 bits per heavy atom. The molecule has 2 bridgehead atoms. The lowest BCUT2D eigenvalue weighted by Gasteiger charge is -2.22. The van der Waals surface area contributed by atoms with Crippen LogP contribution >= 0.6 is 11.6 Å². The summed E-state index contributed by atoms with van der Waals surface area (Å²) in [6.45, 7) is 2.83. The van der Waals surface area contributed by atoms with Crippen molar-refractivity contribution in [3.63, 3.8) is 0 Å². The summed E-state index contributed by atoms with van der Waals surface area (Å²) in [5, 5.41) is 0.614. The van der Waals surface area contributed by atoms with Gasteiger partial charge in [-0.05, 0) is 30.7 Å². The van der Waals surface area contributed by atoms with E-state index in [1.807, 2.05) is 31.2 Å². The molecule has 132 valence electrons. The van der Waals surface area contributed by atoms with E-state index in [1.54, 1.807) is 17.0 Å². The minimum Gasteiger partial charge on any atom is -0.465 e. The van der Waals surface area contributed by atoms with Gasteiger partial charge in [-0.1, -0.05) is 37.1 Å². The minimum absolute atomic E-state index is 0.0911. The third kappa shape index (κ3) is 2.57. The fourth-order valence-corrected chi connectivity index (χ4v) is 4.15. The molecular formula is C19H20ClNO4.